The van der Waals surface area contributed by atoms with Gasteiger partial charge in [-0.3, -0.25) is 9.69 Å². The Morgan fingerprint density at radius 2 is 2.04 bits per heavy atom. The van der Waals surface area contributed by atoms with Crippen molar-refractivity contribution in [1.29, 1.82) is 0 Å². The van der Waals surface area contributed by atoms with E-state index in [0.717, 1.165) is 70.6 Å². The number of carbonyl (C=O) groups excluding carboxylic acids is 1. The number of amides is 1. The monoisotopic (exact) mass is 389 g/mol. The molecular weight excluding hydrogens is 358 g/mol. The van der Waals surface area contributed by atoms with Crippen molar-refractivity contribution in [2.24, 2.45) is 0 Å². The molecule has 154 valence electrons. The molecular formula is C21H31N3O4. The average molecular weight is 389 g/mol. The number of rotatable bonds is 4. The minimum absolute atomic E-state index is 0.124. The van der Waals surface area contributed by atoms with Crippen molar-refractivity contribution in [2.75, 3.05) is 52.5 Å². The topological polar surface area (TPSA) is 64.1 Å². The Morgan fingerprint density at radius 1 is 1.25 bits per heavy atom. The van der Waals surface area contributed by atoms with Gasteiger partial charge in [-0.2, -0.15) is 0 Å². The second-order valence-corrected chi connectivity index (χ2v) is 8.20. The lowest BCUT2D eigenvalue weighted by Crippen LogP contribution is -2.54. The number of hydrogen-bond acceptors (Lipinski definition) is 6. The van der Waals surface area contributed by atoms with E-state index in [2.05, 4.69) is 9.88 Å². The molecule has 1 amide bonds. The van der Waals surface area contributed by atoms with Gasteiger partial charge in [-0.15, -0.1) is 0 Å². The van der Waals surface area contributed by atoms with Crippen molar-refractivity contribution in [2.45, 2.75) is 44.3 Å². The Bertz CT molecular complexity index is 669. The van der Waals surface area contributed by atoms with Crippen molar-refractivity contribution in [3.8, 4) is 5.88 Å². The van der Waals surface area contributed by atoms with Crippen LogP contribution in [0.1, 0.15) is 31.2 Å². The summed E-state index contributed by atoms with van der Waals surface area (Å²) in [4.78, 5) is 21.2. The van der Waals surface area contributed by atoms with Crippen LogP contribution in [0.5, 0.6) is 5.88 Å². The maximum Gasteiger partial charge on any atom is 0.236 e. The van der Waals surface area contributed by atoms with Crippen molar-refractivity contribution in [3.63, 3.8) is 0 Å². The zero-order valence-electron chi connectivity index (χ0n) is 16.8. The fraction of sp³-hybridized carbons (Fsp3) is 0.714. The second kappa shape index (κ2) is 8.76. The van der Waals surface area contributed by atoms with E-state index in [1.54, 1.807) is 6.20 Å². The Balaban J connectivity index is 1.28. The normalized spacial score (nSPS) is 25.6. The van der Waals surface area contributed by atoms with Gasteiger partial charge in [-0.05, 0) is 31.4 Å². The molecule has 0 N–H and O–H groups in total. The third-order valence-electron chi connectivity index (χ3n) is 6.12. The van der Waals surface area contributed by atoms with Gasteiger partial charge in [0.15, 0.2) is 0 Å². The number of nitrogens with zero attached hydrogens (tertiary/aromatic N) is 3. The number of piperidine rings is 1. The lowest BCUT2D eigenvalue weighted by Gasteiger charge is -2.46. The Morgan fingerprint density at radius 3 is 2.79 bits per heavy atom. The van der Waals surface area contributed by atoms with Crippen LogP contribution in [-0.4, -0.2) is 84.9 Å². The number of aryl methyl sites for hydroxylation is 1. The van der Waals surface area contributed by atoms with Gasteiger partial charge in [0.1, 0.15) is 6.10 Å². The van der Waals surface area contributed by atoms with Crippen molar-refractivity contribution in [1.82, 2.24) is 14.8 Å². The predicted octanol–water partition coefficient (Wildman–Crippen LogP) is 1.64. The van der Waals surface area contributed by atoms with Crippen LogP contribution in [0.15, 0.2) is 18.3 Å². The summed E-state index contributed by atoms with van der Waals surface area (Å²) in [6.45, 7) is 7.92. The second-order valence-electron chi connectivity index (χ2n) is 8.20. The fourth-order valence-electron chi connectivity index (χ4n) is 4.39. The van der Waals surface area contributed by atoms with Crippen LogP contribution in [0.3, 0.4) is 0 Å². The summed E-state index contributed by atoms with van der Waals surface area (Å²) in [5.41, 5.74) is 0.988. The summed E-state index contributed by atoms with van der Waals surface area (Å²) in [6.07, 6.45) is 5.42. The molecule has 0 radical (unpaired) electrons. The van der Waals surface area contributed by atoms with Gasteiger partial charge in [-0.25, -0.2) is 4.98 Å². The summed E-state index contributed by atoms with van der Waals surface area (Å²) >= 11 is 0. The molecule has 0 bridgehead atoms. The number of morpholine rings is 1. The molecule has 1 aromatic rings. The molecule has 0 aliphatic carbocycles. The van der Waals surface area contributed by atoms with Gasteiger partial charge in [-0.1, -0.05) is 0 Å². The lowest BCUT2D eigenvalue weighted by molar-refractivity contribution is -0.152. The largest absolute Gasteiger partial charge is 0.474 e. The minimum atomic E-state index is -0.164. The van der Waals surface area contributed by atoms with Gasteiger partial charge in [0.05, 0.1) is 32.0 Å². The smallest absolute Gasteiger partial charge is 0.236 e. The first-order valence-corrected chi connectivity index (χ1v) is 10.4. The predicted molar refractivity (Wildman–Crippen MR) is 104 cm³/mol. The maximum atomic E-state index is 12.6. The molecule has 0 saturated carbocycles. The number of aromatic nitrogens is 1. The Kier molecular flexibility index (Phi) is 6.13. The number of carbonyl (C=O) groups is 1. The van der Waals surface area contributed by atoms with E-state index in [0.29, 0.717) is 19.0 Å². The maximum absolute atomic E-state index is 12.6. The van der Waals surface area contributed by atoms with Crippen LogP contribution in [-0.2, 0) is 14.3 Å². The summed E-state index contributed by atoms with van der Waals surface area (Å²) < 4.78 is 17.7. The average Bonchev–Trinajstić information content (AvgIpc) is 2.69. The first kappa shape index (κ1) is 19.6. The van der Waals surface area contributed by atoms with E-state index in [-0.39, 0.29) is 17.6 Å². The molecule has 3 saturated heterocycles. The quantitative estimate of drug-likeness (QED) is 0.780. The summed E-state index contributed by atoms with van der Waals surface area (Å²) in [5.74, 6) is 0.921. The SMILES string of the molecule is Cc1ccnc(OC2CCOC3(CCN(C(=O)CN4CCOCC4)CC3)C2)c1. The number of ether oxygens (including phenoxy) is 3. The summed E-state index contributed by atoms with van der Waals surface area (Å²) in [6, 6.07) is 3.96. The van der Waals surface area contributed by atoms with E-state index in [1.807, 2.05) is 24.0 Å². The number of pyridine rings is 1. The lowest BCUT2D eigenvalue weighted by atomic mass is 9.83. The molecule has 3 fully saturated rings. The highest BCUT2D eigenvalue weighted by Crippen LogP contribution is 2.36. The molecule has 7 nitrogen and oxygen atoms in total. The van der Waals surface area contributed by atoms with Crippen LogP contribution in [0.2, 0.25) is 0 Å². The Hall–Kier alpha value is -1.70. The van der Waals surface area contributed by atoms with Crippen LogP contribution in [0, 0.1) is 6.92 Å². The van der Waals surface area contributed by atoms with Crippen LogP contribution < -0.4 is 4.74 Å². The van der Waals surface area contributed by atoms with E-state index in [9.17, 15) is 4.79 Å². The van der Waals surface area contributed by atoms with Crippen molar-refractivity contribution in [3.05, 3.63) is 23.9 Å². The molecule has 3 aliphatic heterocycles. The zero-order chi connectivity index (χ0) is 19.4. The third-order valence-corrected chi connectivity index (χ3v) is 6.12. The number of hydrogen-bond donors (Lipinski definition) is 0. The molecule has 3 aliphatic rings. The first-order valence-electron chi connectivity index (χ1n) is 10.4. The molecule has 1 unspecified atom stereocenters. The van der Waals surface area contributed by atoms with E-state index < -0.39 is 0 Å². The highest BCUT2D eigenvalue weighted by atomic mass is 16.5. The zero-order valence-corrected chi connectivity index (χ0v) is 16.8. The van der Waals surface area contributed by atoms with Gasteiger partial charge in [0.2, 0.25) is 11.8 Å². The van der Waals surface area contributed by atoms with Crippen molar-refractivity contribution >= 4 is 5.91 Å². The molecule has 1 aromatic heterocycles. The molecule has 4 rings (SSSR count). The number of likely N-dealkylation sites (tertiary alicyclic amines) is 1. The van der Waals surface area contributed by atoms with E-state index in [1.165, 1.54) is 0 Å². The van der Waals surface area contributed by atoms with E-state index >= 15 is 0 Å². The molecule has 1 atom stereocenters. The van der Waals surface area contributed by atoms with Gasteiger partial charge in [0.25, 0.3) is 0 Å². The molecule has 7 heteroatoms. The summed E-state index contributed by atoms with van der Waals surface area (Å²) in [5, 5.41) is 0. The Labute approximate surface area is 166 Å². The van der Waals surface area contributed by atoms with Gasteiger partial charge >= 0.3 is 0 Å². The van der Waals surface area contributed by atoms with Crippen LogP contribution in [0.4, 0.5) is 0 Å². The van der Waals surface area contributed by atoms with Gasteiger partial charge < -0.3 is 19.1 Å². The minimum Gasteiger partial charge on any atom is -0.474 e. The standard InChI is InChI=1S/C21H31N3O4/c1-17-2-6-22-19(14-17)28-18-3-11-27-21(15-18)4-7-24(8-5-21)20(25)16-23-9-12-26-13-10-23/h2,6,14,18H,3-5,7-13,15-16H2,1H3. The molecule has 1 spiro atoms. The highest BCUT2D eigenvalue weighted by Gasteiger charge is 2.42. The van der Waals surface area contributed by atoms with Crippen LogP contribution >= 0.6 is 0 Å². The fourth-order valence-corrected chi connectivity index (χ4v) is 4.39. The molecule has 4 heterocycles. The first-order chi connectivity index (χ1) is 13.6. The highest BCUT2D eigenvalue weighted by molar-refractivity contribution is 5.78. The molecule has 28 heavy (non-hydrogen) atoms. The van der Waals surface area contributed by atoms with Gasteiger partial charge in [0, 0.05) is 51.3 Å². The third kappa shape index (κ3) is 4.82. The van der Waals surface area contributed by atoms with Crippen LogP contribution in [0.25, 0.3) is 0 Å². The van der Waals surface area contributed by atoms with Crippen molar-refractivity contribution < 1.29 is 19.0 Å². The summed E-state index contributed by atoms with van der Waals surface area (Å²) in [7, 11) is 0. The van der Waals surface area contributed by atoms with E-state index in [4.69, 9.17) is 14.2 Å². The molecule has 0 aromatic carbocycles.